The first-order valence-electron chi connectivity index (χ1n) is 20.2. The van der Waals surface area contributed by atoms with Crippen LogP contribution in [0, 0.1) is 27.1 Å². The highest BCUT2D eigenvalue weighted by Gasteiger charge is 2.54. The Hall–Kier alpha value is -0.700. The van der Waals surface area contributed by atoms with Gasteiger partial charge in [0.05, 0.1) is 0 Å². The topological polar surface area (TPSA) is 91.5 Å². The Morgan fingerprint density at radius 2 is 1.04 bits per heavy atom. The lowest BCUT2D eigenvalue weighted by Crippen LogP contribution is -2.58. The number of hydrogen-bond acceptors (Lipinski definition) is 6. The summed E-state index contributed by atoms with van der Waals surface area (Å²) in [5.74, 6) is 0.899. The van der Waals surface area contributed by atoms with Crippen molar-refractivity contribution in [3.63, 3.8) is 0 Å². The van der Waals surface area contributed by atoms with E-state index in [9.17, 15) is 9.00 Å². The van der Waals surface area contributed by atoms with E-state index in [1.54, 1.807) is 0 Å². The molecule has 0 aromatic heterocycles. The van der Waals surface area contributed by atoms with E-state index in [0.29, 0.717) is 21.7 Å². The third-order valence-electron chi connectivity index (χ3n) is 14.7. The second kappa shape index (κ2) is 16.8. The highest BCUT2D eigenvalue weighted by Crippen LogP contribution is 2.59. The summed E-state index contributed by atoms with van der Waals surface area (Å²) in [4.78, 5) is 12.1. The van der Waals surface area contributed by atoms with E-state index in [4.69, 9.17) is 4.74 Å². The van der Waals surface area contributed by atoms with Gasteiger partial charge in [0.25, 0.3) is 0 Å². The van der Waals surface area contributed by atoms with Crippen LogP contribution in [-0.4, -0.2) is 71.2 Å². The molecule has 3 spiro atoms. The van der Waals surface area contributed by atoms with Gasteiger partial charge in [-0.1, -0.05) is 47.5 Å². The Bertz CT molecular complexity index is 1110. The molecule has 3 saturated heterocycles. The largest absolute Gasteiger partial charge is 0.444 e. The van der Waals surface area contributed by atoms with E-state index in [-0.39, 0.29) is 29.2 Å². The summed E-state index contributed by atoms with van der Waals surface area (Å²) in [6.07, 6.45) is 19.3. The summed E-state index contributed by atoms with van der Waals surface area (Å²) >= 11 is 0. The van der Waals surface area contributed by atoms with E-state index in [1.165, 1.54) is 90.1 Å². The predicted molar refractivity (Wildman–Crippen MR) is 214 cm³/mol. The van der Waals surface area contributed by atoms with Gasteiger partial charge >= 0.3 is 6.09 Å². The molecule has 0 radical (unpaired) electrons. The summed E-state index contributed by atoms with van der Waals surface area (Å²) in [5, 5.41) is 13.6. The number of alkyl carbamates (subject to hydrolysis) is 1. The van der Waals surface area contributed by atoms with E-state index in [1.807, 2.05) is 20.8 Å². The summed E-state index contributed by atoms with van der Waals surface area (Å²) in [6.45, 7) is 28.5. The van der Waals surface area contributed by atoms with Crippen molar-refractivity contribution < 1.29 is 13.7 Å². The third-order valence-corrected chi connectivity index (χ3v) is 16.9. The summed E-state index contributed by atoms with van der Waals surface area (Å²) in [6, 6.07) is 0. The predicted octanol–water partition coefficient (Wildman–Crippen LogP) is 9.12. The average molecular weight is 723 g/mol. The van der Waals surface area contributed by atoms with Crippen LogP contribution in [0.5, 0.6) is 0 Å². The smallest absolute Gasteiger partial charge is 0.408 e. The van der Waals surface area contributed by atoms with Crippen molar-refractivity contribution in [3.8, 4) is 0 Å². The van der Waals surface area contributed by atoms with Crippen molar-refractivity contribution in [2.24, 2.45) is 27.1 Å². The first-order chi connectivity index (χ1) is 22.7. The molecule has 3 aliphatic carbocycles. The molecule has 6 fully saturated rings. The molecule has 3 atom stereocenters. The number of carbonyl (C=O) groups excluding carboxylic acids is 1. The van der Waals surface area contributed by atoms with E-state index < -0.39 is 16.4 Å². The first kappa shape index (κ1) is 43.7. The molecule has 4 N–H and O–H groups in total. The SMILES string of the molecule is C.CC(C)(C)OC(=O)NC1(C)CCCC12CCNCC2.CC(C)(C)[S@@](=O)CC1(C)CCCC12CCNCC2.CC1(C)CCCC12CCNCC2. The van der Waals surface area contributed by atoms with Gasteiger partial charge in [-0.15, -0.1) is 0 Å². The Balaban J connectivity index is 0.000000206. The third kappa shape index (κ3) is 9.88. The summed E-state index contributed by atoms with van der Waals surface area (Å²) in [7, 11) is -0.715. The molecule has 6 aliphatic rings. The zero-order chi connectivity index (χ0) is 36.2. The lowest BCUT2D eigenvalue weighted by molar-refractivity contribution is 0.0286. The molecule has 7 nitrogen and oxygen atoms in total. The summed E-state index contributed by atoms with van der Waals surface area (Å²) in [5.41, 5.74) is 1.81. The van der Waals surface area contributed by atoms with Gasteiger partial charge in [-0.25, -0.2) is 4.79 Å². The van der Waals surface area contributed by atoms with Crippen LogP contribution in [0.25, 0.3) is 0 Å². The number of carbonyl (C=O) groups is 1. The maximum Gasteiger partial charge on any atom is 0.408 e. The van der Waals surface area contributed by atoms with Crippen molar-refractivity contribution in [1.82, 2.24) is 21.3 Å². The van der Waals surface area contributed by atoms with E-state index >= 15 is 0 Å². The molecule has 294 valence electrons. The molecule has 3 saturated carbocycles. The lowest BCUT2D eigenvalue weighted by Gasteiger charge is -2.47. The molecule has 8 heteroatoms. The fraction of sp³-hybridized carbons (Fsp3) is 0.976. The Kier molecular flexibility index (Phi) is 14.6. The minimum Gasteiger partial charge on any atom is -0.444 e. The van der Waals surface area contributed by atoms with Crippen molar-refractivity contribution in [2.45, 2.75) is 189 Å². The molecular weight excluding hydrogens is 641 g/mol. The van der Waals surface area contributed by atoms with Crippen LogP contribution in [0.3, 0.4) is 0 Å². The van der Waals surface area contributed by atoms with Gasteiger partial charge in [-0.2, -0.15) is 0 Å². The van der Waals surface area contributed by atoms with Crippen molar-refractivity contribution >= 4 is 16.9 Å². The van der Waals surface area contributed by atoms with Gasteiger partial charge < -0.3 is 26.0 Å². The summed E-state index contributed by atoms with van der Waals surface area (Å²) < 4.78 is 17.9. The second-order valence-electron chi connectivity index (χ2n) is 20.2. The maximum atomic E-state index is 12.5. The molecule has 0 bridgehead atoms. The zero-order valence-corrected chi connectivity index (χ0v) is 34.5. The molecule has 3 aliphatic heterocycles. The Morgan fingerprint density at radius 1 is 0.620 bits per heavy atom. The van der Waals surface area contributed by atoms with Crippen molar-refractivity contribution in [3.05, 3.63) is 0 Å². The number of hydrogen-bond donors (Lipinski definition) is 4. The molecule has 50 heavy (non-hydrogen) atoms. The van der Waals surface area contributed by atoms with Crippen LogP contribution in [0.2, 0.25) is 0 Å². The van der Waals surface area contributed by atoms with Gasteiger partial charge in [0.2, 0.25) is 0 Å². The Labute approximate surface area is 312 Å². The molecule has 1 amide bonds. The quantitative estimate of drug-likeness (QED) is 0.232. The minimum absolute atomic E-state index is 0. The molecule has 2 unspecified atom stereocenters. The first-order valence-corrected chi connectivity index (χ1v) is 21.6. The minimum atomic E-state index is -0.715. The zero-order valence-electron chi connectivity index (χ0n) is 33.7. The number of rotatable bonds is 3. The molecule has 3 heterocycles. The average Bonchev–Trinajstić information content (AvgIpc) is 3.58. The number of piperidine rings is 3. The van der Waals surface area contributed by atoms with Crippen LogP contribution in [-0.2, 0) is 15.5 Å². The van der Waals surface area contributed by atoms with Gasteiger partial charge in [0, 0.05) is 26.8 Å². The fourth-order valence-corrected chi connectivity index (χ4v) is 12.4. The molecule has 0 aromatic carbocycles. The molecular formula is C42H82N4O3S. The van der Waals surface area contributed by atoms with Gasteiger partial charge in [-0.05, 0) is 192 Å². The highest BCUT2D eigenvalue weighted by atomic mass is 32.2. The highest BCUT2D eigenvalue weighted by molar-refractivity contribution is 7.86. The maximum absolute atomic E-state index is 12.5. The monoisotopic (exact) mass is 723 g/mol. The van der Waals surface area contributed by atoms with E-state index in [0.717, 1.165) is 51.2 Å². The van der Waals surface area contributed by atoms with Crippen molar-refractivity contribution in [2.75, 3.05) is 45.0 Å². The standard InChI is InChI=1S/C15H28N2O2.C15H29NOS.C11H21N.CH4/c1-13(2,3)19-12(18)17-14(4)6-5-7-15(14)8-10-16-11-9-15;1-13(2,3)18(17)12-14(4)6-5-7-15(14)8-10-16-11-9-15;1-10(2)4-3-5-11(10)6-8-12-9-7-11;/h16H,5-11H2,1-4H3,(H,17,18);16H,5-12H2,1-4H3;12H,3-9H2,1-2H3;1H4/t;14?,18-;;/m.0../s1. The second-order valence-corrected chi connectivity index (χ2v) is 22.4. The number of amides is 1. The van der Waals surface area contributed by atoms with Crippen LogP contribution in [0.4, 0.5) is 4.79 Å². The fourth-order valence-electron chi connectivity index (χ4n) is 10.9. The van der Waals surface area contributed by atoms with Crippen LogP contribution in [0.1, 0.15) is 173 Å². The van der Waals surface area contributed by atoms with Crippen LogP contribution >= 0.6 is 0 Å². The van der Waals surface area contributed by atoms with Gasteiger partial charge in [0.1, 0.15) is 5.60 Å². The lowest BCUT2D eigenvalue weighted by atomic mass is 9.63. The van der Waals surface area contributed by atoms with Gasteiger partial charge in [-0.3, -0.25) is 4.21 Å². The molecule has 6 rings (SSSR count). The van der Waals surface area contributed by atoms with Crippen molar-refractivity contribution in [1.29, 1.82) is 0 Å². The number of nitrogens with one attached hydrogen (secondary N) is 4. The van der Waals surface area contributed by atoms with Gasteiger partial charge in [0.15, 0.2) is 0 Å². The molecule has 0 aromatic rings. The number of ether oxygens (including phenoxy) is 1. The van der Waals surface area contributed by atoms with Crippen LogP contribution in [0.15, 0.2) is 0 Å². The Morgan fingerprint density at radius 3 is 1.50 bits per heavy atom. The van der Waals surface area contributed by atoms with E-state index in [2.05, 4.69) is 69.7 Å². The van der Waals surface area contributed by atoms with Crippen LogP contribution < -0.4 is 21.3 Å². The normalized spacial score (nSPS) is 31.5.